The van der Waals surface area contributed by atoms with Gasteiger partial charge < -0.3 is 9.47 Å². The molecule has 4 nitrogen and oxygen atoms in total. The zero-order valence-electron chi connectivity index (χ0n) is 14.7. The fraction of sp³-hybridized carbons (Fsp3) is 0.333. The van der Waals surface area contributed by atoms with E-state index >= 15 is 0 Å². The molecule has 1 unspecified atom stereocenters. The number of rotatable bonds is 9. The molecule has 0 radical (unpaired) electrons. The monoisotopic (exact) mass is 340 g/mol. The number of Topliss-reactive ketones (excluding diaryl/α,β-unsaturated/α-hetero) is 1. The minimum absolute atomic E-state index is 0.0851. The molecule has 0 spiro atoms. The molecule has 0 saturated heterocycles. The molecule has 132 valence electrons. The van der Waals surface area contributed by atoms with Gasteiger partial charge in [-0.25, -0.2) is 0 Å². The summed E-state index contributed by atoms with van der Waals surface area (Å²) in [7, 11) is 1.62. The number of methoxy groups -OCH3 is 1. The van der Waals surface area contributed by atoms with Crippen molar-refractivity contribution in [3.05, 3.63) is 65.7 Å². The number of aryl methyl sites for hydroxylation is 1. The SMILES string of the molecule is CCOC(=O)C(Cc1ccccc1)C(=O)CCc1ccc(OC)cc1. The summed E-state index contributed by atoms with van der Waals surface area (Å²) in [5, 5.41) is 0. The Kier molecular flexibility index (Phi) is 7.20. The average molecular weight is 340 g/mol. The van der Waals surface area contributed by atoms with Gasteiger partial charge in [-0.1, -0.05) is 42.5 Å². The Labute approximate surface area is 148 Å². The van der Waals surface area contributed by atoms with Crippen LogP contribution in [0.2, 0.25) is 0 Å². The van der Waals surface area contributed by atoms with Crippen LogP contribution in [0.5, 0.6) is 5.75 Å². The first-order valence-corrected chi connectivity index (χ1v) is 8.50. The Hall–Kier alpha value is -2.62. The second-order valence-corrected chi connectivity index (χ2v) is 5.81. The highest BCUT2D eigenvalue weighted by atomic mass is 16.5. The molecule has 25 heavy (non-hydrogen) atoms. The zero-order chi connectivity index (χ0) is 18.1. The van der Waals surface area contributed by atoms with Gasteiger partial charge in [0.2, 0.25) is 0 Å². The number of hydrogen-bond donors (Lipinski definition) is 0. The predicted octanol–water partition coefficient (Wildman–Crippen LogP) is 3.62. The summed E-state index contributed by atoms with van der Waals surface area (Å²) in [5.74, 6) is -0.492. The molecule has 0 fully saturated rings. The highest BCUT2D eigenvalue weighted by Gasteiger charge is 2.27. The molecular formula is C21H24O4. The first-order valence-electron chi connectivity index (χ1n) is 8.50. The molecule has 0 heterocycles. The highest BCUT2D eigenvalue weighted by Crippen LogP contribution is 2.17. The summed E-state index contributed by atoms with van der Waals surface area (Å²) in [6.07, 6.45) is 1.28. The third-order valence-corrected chi connectivity index (χ3v) is 4.06. The van der Waals surface area contributed by atoms with Crippen molar-refractivity contribution >= 4 is 11.8 Å². The van der Waals surface area contributed by atoms with Gasteiger partial charge in [-0.15, -0.1) is 0 Å². The van der Waals surface area contributed by atoms with Crippen LogP contribution in [0.15, 0.2) is 54.6 Å². The normalized spacial score (nSPS) is 11.6. The number of esters is 1. The van der Waals surface area contributed by atoms with Gasteiger partial charge in [0.05, 0.1) is 13.7 Å². The molecule has 2 aromatic carbocycles. The topological polar surface area (TPSA) is 52.6 Å². The van der Waals surface area contributed by atoms with Crippen LogP contribution in [-0.4, -0.2) is 25.5 Å². The van der Waals surface area contributed by atoms with Crippen LogP contribution in [0.3, 0.4) is 0 Å². The molecule has 2 rings (SSSR count). The summed E-state index contributed by atoms with van der Waals surface area (Å²) < 4.78 is 10.2. The Morgan fingerprint density at radius 3 is 2.24 bits per heavy atom. The van der Waals surface area contributed by atoms with Gasteiger partial charge in [-0.2, -0.15) is 0 Å². The van der Waals surface area contributed by atoms with Gasteiger partial charge in [-0.05, 0) is 43.0 Å². The molecule has 2 aromatic rings. The zero-order valence-corrected chi connectivity index (χ0v) is 14.7. The number of ether oxygens (including phenoxy) is 2. The Morgan fingerprint density at radius 1 is 0.960 bits per heavy atom. The minimum Gasteiger partial charge on any atom is -0.497 e. The van der Waals surface area contributed by atoms with Crippen LogP contribution in [0.1, 0.15) is 24.5 Å². The molecule has 0 aliphatic carbocycles. The van der Waals surface area contributed by atoms with Crippen LogP contribution < -0.4 is 4.74 Å². The van der Waals surface area contributed by atoms with Gasteiger partial charge in [0.25, 0.3) is 0 Å². The number of carbonyl (C=O) groups is 2. The van der Waals surface area contributed by atoms with E-state index in [0.717, 1.165) is 16.9 Å². The molecule has 0 aromatic heterocycles. The lowest BCUT2D eigenvalue weighted by atomic mass is 9.92. The van der Waals surface area contributed by atoms with Crippen molar-refractivity contribution in [1.29, 1.82) is 0 Å². The van der Waals surface area contributed by atoms with Crippen molar-refractivity contribution in [2.75, 3.05) is 13.7 Å². The second-order valence-electron chi connectivity index (χ2n) is 5.81. The lowest BCUT2D eigenvalue weighted by Crippen LogP contribution is -2.28. The van der Waals surface area contributed by atoms with Crippen molar-refractivity contribution in [3.8, 4) is 5.75 Å². The van der Waals surface area contributed by atoms with E-state index in [1.807, 2.05) is 54.6 Å². The average Bonchev–Trinajstić information content (AvgIpc) is 2.65. The molecule has 0 aliphatic heterocycles. The molecule has 0 bridgehead atoms. The van der Waals surface area contributed by atoms with E-state index in [0.29, 0.717) is 19.3 Å². The Balaban J connectivity index is 2.02. The lowest BCUT2D eigenvalue weighted by molar-refractivity contribution is -0.151. The Morgan fingerprint density at radius 2 is 1.64 bits per heavy atom. The summed E-state index contributed by atoms with van der Waals surface area (Å²) in [5.41, 5.74) is 2.00. The van der Waals surface area contributed by atoms with E-state index in [-0.39, 0.29) is 12.4 Å². The fourth-order valence-corrected chi connectivity index (χ4v) is 2.66. The van der Waals surface area contributed by atoms with E-state index < -0.39 is 11.9 Å². The van der Waals surface area contributed by atoms with Crippen LogP contribution >= 0.6 is 0 Å². The standard InChI is InChI=1S/C21H24O4/c1-3-25-21(23)19(15-17-7-5-4-6-8-17)20(22)14-11-16-9-12-18(24-2)13-10-16/h4-10,12-13,19H,3,11,14-15H2,1-2H3. The van der Waals surface area contributed by atoms with Gasteiger partial charge in [0.1, 0.15) is 17.5 Å². The van der Waals surface area contributed by atoms with Crippen LogP contribution in [0, 0.1) is 5.92 Å². The Bertz CT molecular complexity index is 677. The first-order chi connectivity index (χ1) is 12.1. The molecule has 0 amide bonds. The van der Waals surface area contributed by atoms with Gasteiger partial charge in [-0.3, -0.25) is 9.59 Å². The van der Waals surface area contributed by atoms with Crippen LogP contribution in [-0.2, 0) is 27.2 Å². The number of carbonyl (C=O) groups excluding carboxylic acids is 2. The summed E-state index contributed by atoms with van der Waals surface area (Å²) in [4.78, 5) is 24.9. The van der Waals surface area contributed by atoms with E-state index in [2.05, 4.69) is 0 Å². The maximum Gasteiger partial charge on any atom is 0.316 e. The lowest BCUT2D eigenvalue weighted by Gasteiger charge is -2.15. The molecule has 0 saturated carbocycles. The molecule has 0 aliphatic rings. The number of hydrogen-bond acceptors (Lipinski definition) is 4. The van der Waals surface area contributed by atoms with Crippen molar-refractivity contribution < 1.29 is 19.1 Å². The predicted molar refractivity (Wildman–Crippen MR) is 96.6 cm³/mol. The second kappa shape index (κ2) is 9.62. The van der Waals surface area contributed by atoms with Gasteiger partial charge in [0.15, 0.2) is 0 Å². The van der Waals surface area contributed by atoms with Crippen molar-refractivity contribution in [2.24, 2.45) is 5.92 Å². The third-order valence-electron chi connectivity index (χ3n) is 4.06. The smallest absolute Gasteiger partial charge is 0.316 e. The third kappa shape index (κ3) is 5.75. The highest BCUT2D eigenvalue weighted by molar-refractivity contribution is 5.99. The largest absolute Gasteiger partial charge is 0.497 e. The maximum atomic E-state index is 12.6. The molecule has 1 atom stereocenters. The van der Waals surface area contributed by atoms with Crippen molar-refractivity contribution in [2.45, 2.75) is 26.2 Å². The molecular weight excluding hydrogens is 316 g/mol. The molecule has 4 heteroatoms. The van der Waals surface area contributed by atoms with Gasteiger partial charge >= 0.3 is 5.97 Å². The quantitative estimate of drug-likeness (QED) is 0.517. The summed E-state index contributed by atoms with van der Waals surface area (Å²) in [6.45, 7) is 2.02. The van der Waals surface area contributed by atoms with Gasteiger partial charge in [0, 0.05) is 6.42 Å². The van der Waals surface area contributed by atoms with E-state index in [9.17, 15) is 9.59 Å². The maximum absolute atomic E-state index is 12.6. The first kappa shape index (κ1) is 18.7. The van der Waals surface area contributed by atoms with E-state index in [4.69, 9.17) is 9.47 Å². The number of ketones is 1. The van der Waals surface area contributed by atoms with E-state index in [1.54, 1.807) is 14.0 Å². The number of benzene rings is 2. The minimum atomic E-state index is -0.749. The fourth-order valence-electron chi connectivity index (χ4n) is 2.66. The van der Waals surface area contributed by atoms with Crippen molar-refractivity contribution in [3.63, 3.8) is 0 Å². The molecule has 0 N–H and O–H groups in total. The van der Waals surface area contributed by atoms with Crippen molar-refractivity contribution in [1.82, 2.24) is 0 Å². The van der Waals surface area contributed by atoms with Crippen LogP contribution in [0.4, 0.5) is 0 Å². The summed E-state index contributed by atoms with van der Waals surface area (Å²) in [6, 6.07) is 17.2. The summed E-state index contributed by atoms with van der Waals surface area (Å²) >= 11 is 0. The van der Waals surface area contributed by atoms with Crippen LogP contribution in [0.25, 0.3) is 0 Å². The van der Waals surface area contributed by atoms with E-state index in [1.165, 1.54) is 0 Å².